The molecule has 5 rings (SSSR count). The number of methoxy groups -OCH3 is 1. The molecule has 0 radical (unpaired) electrons. The molecule has 0 spiro atoms. The van der Waals surface area contributed by atoms with Gasteiger partial charge in [0, 0.05) is 5.39 Å². The van der Waals surface area contributed by atoms with Crippen LogP contribution in [0.2, 0.25) is 0 Å². The highest BCUT2D eigenvalue weighted by molar-refractivity contribution is 7.34. The molecular weight excluding hydrogens is 622 g/mol. The molecule has 2 unspecified atom stereocenters. The van der Waals surface area contributed by atoms with E-state index in [0.717, 1.165) is 5.39 Å². The second-order valence-corrected chi connectivity index (χ2v) is 13.2. The number of nitrogen functional groups attached to an aromatic ring is 1. The van der Waals surface area contributed by atoms with Gasteiger partial charge in [0.15, 0.2) is 35.4 Å². The number of carbonyl (C=O) groups excluding carboxylic acids is 1. The Morgan fingerprint density at radius 1 is 1.28 bits per heavy atom. The number of esters is 1. The number of nitrogens with two attached hydrogens (primary N) is 1. The van der Waals surface area contributed by atoms with Crippen LogP contribution in [0.4, 0.5) is 10.3 Å². The van der Waals surface area contributed by atoms with E-state index in [9.17, 15) is 14.8 Å². The number of benzene rings is 2. The van der Waals surface area contributed by atoms with Gasteiger partial charge in [-0.3, -0.25) is 9.09 Å². The van der Waals surface area contributed by atoms with E-state index in [1.807, 2.05) is 32.9 Å². The van der Waals surface area contributed by atoms with Gasteiger partial charge in [-0.1, -0.05) is 55.8 Å². The molecule has 0 amide bonds. The fourth-order valence-corrected chi connectivity index (χ4v) is 5.65. The Bertz CT molecular complexity index is 1780. The summed E-state index contributed by atoms with van der Waals surface area (Å²) in [6.07, 6.45) is -3.10. The average molecular weight is 659 g/mol. The van der Waals surface area contributed by atoms with Gasteiger partial charge in [0.2, 0.25) is 17.6 Å². The van der Waals surface area contributed by atoms with E-state index in [2.05, 4.69) is 19.7 Å². The zero-order chi connectivity index (χ0) is 33.4. The maximum atomic E-state index is 15.7. The van der Waals surface area contributed by atoms with Crippen molar-refractivity contribution in [2.45, 2.75) is 64.8 Å². The molecule has 46 heavy (non-hydrogen) atoms. The summed E-state index contributed by atoms with van der Waals surface area (Å²) < 4.78 is 49.3. The summed E-state index contributed by atoms with van der Waals surface area (Å²) in [6, 6.07) is 9.42. The molecule has 2 aromatic carbocycles. The molecule has 1 saturated heterocycles. The summed E-state index contributed by atoms with van der Waals surface area (Å²) in [5.74, 6) is -0.429. The van der Waals surface area contributed by atoms with Gasteiger partial charge in [-0.2, -0.15) is 9.97 Å². The number of alkyl halides is 1. The minimum atomic E-state index is -2.75. The van der Waals surface area contributed by atoms with Crippen LogP contribution in [0.1, 0.15) is 40.8 Å². The van der Waals surface area contributed by atoms with E-state index in [4.69, 9.17) is 29.2 Å². The van der Waals surface area contributed by atoms with Crippen molar-refractivity contribution in [1.29, 1.82) is 0 Å². The van der Waals surface area contributed by atoms with Crippen molar-refractivity contribution in [3.63, 3.8) is 0 Å². The van der Waals surface area contributed by atoms with E-state index < -0.39 is 44.3 Å². The van der Waals surface area contributed by atoms with Gasteiger partial charge in [0.25, 0.3) is 0 Å². The van der Waals surface area contributed by atoms with Gasteiger partial charge in [-0.15, -0.1) is 0 Å². The Labute approximate surface area is 265 Å². The van der Waals surface area contributed by atoms with Crippen molar-refractivity contribution >= 4 is 42.0 Å². The SMILES string of the molecule is COc1nc(N)nc2c1ncn2C1O[C@H](COc2ccc3ccccc3c2O[P+]([O-])=N[C@@H](C)C(=O)OCC(C)(C)C)[C@H](F)[C@@]1(C)O. The predicted molar refractivity (Wildman–Crippen MR) is 165 cm³/mol. The quantitative estimate of drug-likeness (QED) is 0.185. The Hall–Kier alpha value is -4.17. The molecule has 1 fully saturated rings. The van der Waals surface area contributed by atoms with Gasteiger partial charge >= 0.3 is 14.1 Å². The minimum absolute atomic E-state index is 0.0785. The van der Waals surface area contributed by atoms with Crippen molar-refractivity contribution in [2.24, 2.45) is 10.2 Å². The molecular formula is C30H36FN6O8P. The standard InChI is InChI=1S/C30H36FN6O8P/c1-16(26(38)43-14-29(2,3)4)36-46(40)45-22-18-10-8-7-9-17(18)11-12-19(22)42-13-20-23(31)30(5,39)27(44-20)37-15-33-21-24(37)34-28(32)35-25(21)41-6/h7-12,15-16,20,23,27,39H,13-14H2,1-6H3,(H2,32,34,35)/t16-,20+,23-,27?,30+/m0/s1. The van der Waals surface area contributed by atoms with Crippen LogP contribution in [-0.2, 0) is 14.3 Å². The predicted octanol–water partition coefficient (Wildman–Crippen LogP) is 3.85. The first-order chi connectivity index (χ1) is 21.7. The highest BCUT2D eigenvalue weighted by atomic mass is 31.1. The van der Waals surface area contributed by atoms with E-state index in [1.165, 1.54) is 31.9 Å². The fraction of sp³-hybridized carbons (Fsp3) is 0.467. The maximum Gasteiger partial charge on any atom is 0.395 e. The van der Waals surface area contributed by atoms with Gasteiger partial charge < -0.3 is 34.7 Å². The summed E-state index contributed by atoms with van der Waals surface area (Å²) >= 11 is 0. The van der Waals surface area contributed by atoms with Crippen LogP contribution in [0.25, 0.3) is 21.9 Å². The Balaban J connectivity index is 1.37. The second kappa shape index (κ2) is 12.9. The average Bonchev–Trinajstić information content (AvgIpc) is 3.51. The van der Waals surface area contributed by atoms with Crippen LogP contribution in [0.15, 0.2) is 47.5 Å². The monoisotopic (exact) mass is 658 g/mol. The smallest absolute Gasteiger partial charge is 0.395 e. The third kappa shape index (κ3) is 6.82. The third-order valence-corrected chi connectivity index (χ3v) is 8.09. The molecule has 246 valence electrons. The van der Waals surface area contributed by atoms with Crippen molar-refractivity contribution < 1.29 is 42.7 Å². The second-order valence-electron chi connectivity index (χ2n) is 12.3. The lowest BCUT2D eigenvalue weighted by Crippen LogP contribution is -2.42. The number of fused-ring (bicyclic) bond motifs is 2. The number of nitrogens with zero attached hydrogens (tertiary/aromatic N) is 5. The van der Waals surface area contributed by atoms with E-state index in [-0.39, 0.29) is 53.1 Å². The first kappa shape index (κ1) is 33.2. The van der Waals surface area contributed by atoms with Crippen LogP contribution >= 0.6 is 8.17 Å². The molecule has 4 aromatic rings. The maximum absolute atomic E-state index is 15.7. The molecule has 0 saturated carbocycles. The van der Waals surface area contributed by atoms with E-state index >= 15 is 4.39 Å². The number of imidazole rings is 1. The molecule has 16 heteroatoms. The molecule has 0 aliphatic carbocycles. The number of aromatic nitrogens is 4. The molecule has 6 atom stereocenters. The number of halogens is 1. The highest BCUT2D eigenvalue weighted by Gasteiger charge is 2.55. The van der Waals surface area contributed by atoms with Gasteiger partial charge in [0.05, 0.1) is 20.0 Å². The summed E-state index contributed by atoms with van der Waals surface area (Å²) in [4.78, 5) is 37.8. The van der Waals surface area contributed by atoms with E-state index in [1.54, 1.807) is 24.3 Å². The Morgan fingerprint density at radius 2 is 2.02 bits per heavy atom. The first-order valence-corrected chi connectivity index (χ1v) is 15.6. The normalized spacial score (nSPS) is 22.6. The topological polar surface area (TPSA) is 188 Å². The fourth-order valence-electron chi connectivity index (χ4n) is 4.88. The zero-order valence-electron chi connectivity index (χ0n) is 26.2. The highest BCUT2D eigenvalue weighted by Crippen LogP contribution is 2.44. The van der Waals surface area contributed by atoms with Crippen molar-refractivity contribution in [1.82, 2.24) is 19.5 Å². The third-order valence-electron chi connectivity index (χ3n) is 7.21. The van der Waals surface area contributed by atoms with Crippen LogP contribution in [0, 0.1) is 5.41 Å². The largest absolute Gasteiger partial charge is 0.575 e. The Kier molecular flexibility index (Phi) is 9.32. The van der Waals surface area contributed by atoms with Crippen LogP contribution < -0.4 is 24.6 Å². The molecule has 1 aliphatic rings. The number of hydrogen-bond donors (Lipinski definition) is 2. The van der Waals surface area contributed by atoms with Crippen molar-refractivity contribution in [3.05, 3.63) is 42.7 Å². The summed E-state index contributed by atoms with van der Waals surface area (Å²) in [6.45, 7) is 8.31. The Morgan fingerprint density at radius 3 is 2.74 bits per heavy atom. The lowest BCUT2D eigenvalue weighted by Gasteiger charge is -2.26. The number of anilines is 1. The molecule has 1 aliphatic heterocycles. The van der Waals surface area contributed by atoms with Crippen molar-refractivity contribution in [3.8, 4) is 17.4 Å². The van der Waals surface area contributed by atoms with Gasteiger partial charge in [-0.25, -0.2) is 14.2 Å². The summed E-state index contributed by atoms with van der Waals surface area (Å²) in [5.41, 5.74) is 3.97. The lowest BCUT2D eigenvalue weighted by molar-refractivity contribution is -0.169. The van der Waals surface area contributed by atoms with Crippen LogP contribution in [0.3, 0.4) is 0 Å². The van der Waals surface area contributed by atoms with Gasteiger partial charge in [-0.05, 0) is 30.7 Å². The molecule has 14 nitrogen and oxygen atoms in total. The minimum Gasteiger partial charge on any atom is -0.575 e. The van der Waals surface area contributed by atoms with Gasteiger partial charge in [0.1, 0.15) is 18.3 Å². The molecule has 3 heterocycles. The molecule has 0 bridgehead atoms. The molecule has 2 aromatic heterocycles. The van der Waals surface area contributed by atoms with E-state index in [0.29, 0.717) is 5.39 Å². The number of carbonyl (C=O) groups is 1. The molecule has 3 N–H and O–H groups in total. The first-order valence-electron chi connectivity index (χ1n) is 14.4. The number of rotatable bonds is 10. The summed E-state index contributed by atoms with van der Waals surface area (Å²) in [7, 11) is -1.36. The van der Waals surface area contributed by atoms with Crippen molar-refractivity contribution in [2.75, 3.05) is 26.1 Å². The number of hydrogen-bond acceptors (Lipinski definition) is 13. The van der Waals surface area contributed by atoms with Crippen LogP contribution in [-0.4, -0.2) is 74.8 Å². The lowest BCUT2D eigenvalue weighted by atomic mass is 9.98. The number of ether oxygens (including phenoxy) is 4. The summed E-state index contributed by atoms with van der Waals surface area (Å²) in [5, 5.41) is 12.5. The van der Waals surface area contributed by atoms with Crippen LogP contribution in [0.5, 0.6) is 17.4 Å². The zero-order valence-corrected chi connectivity index (χ0v) is 27.1. The number of aliphatic hydroxyl groups is 1.